The molecule has 0 spiro atoms. The van der Waals surface area contributed by atoms with Crippen molar-refractivity contribution in [1.82, 2.24) is 0 Å². The van der Waals surface area contributed by atoms with Crippen molar-refractivity contribution >= 4 is 7.82 Å². The van der Waals surface area contributed by atoms with Crippen LogP contribution in [-0.2, 0) is 9.09 Å². The molecule has 0 aliphatic heterocycles. The Hall–Kier alpha value is -0.870. The molecule has 1 aromatic carbocycles. The molecule has 6 heteroatoms. The van der Waals surface area contributed by atoms with Gasteiger partial charge in [0.15, 0.2) is 6.79 Å². The van der Waals surface area contributed by atoms with Crippen LogP contribution in [0.15, 0.2) is 18.2 Å². The van der Waals surface area contributed by atoms with Gasteiger partial charge in [-0.05, 0) is 41.7 Å². The van der Waals surface area contributed by atoms with Crippen LogP contribution in [0.5, 0.6) is 5.75 Å². The van der Waals surface area contributed by atoms with Crippen LogP contribution in [0.1, 0.15) is 56.6 Å². The van der Waals surface area contributed by atoms with Crippen molar-refractivity contribution in [3.8, 4) is 5.75 Å². The molecular formula is C15H23O5P. The van der Waals surface area contributed by atoms with Gasteiger partial charge in [0.1, 0.15) is 5.75 Å². The van der Waals surface area contributed by atoms with Crippen LogP contribution >= 0.6 is 7.82 Å². The predicted molar refractivity (Wildman–Crippen MR) is 80.3 cm³/mol. The monoisotopic (exact) mass is 314 g/mol. The summed E-state index contributed by atoms with van der Waals surface area (Å²) in [4.78, 5) is 17.5. The standard InChI is InChI=1S/C15H23O5P/c1-10(2)13-5-4-6-14(11(3)12-7-8-12)15(13)19-9-20-21(16,17)18/h4-6,10-12H,7-9H2,1-3H3,(H2,16,17,18)/t11-/m0/s1. The van der Waals surface area contributed by atoms with Crippen LogP contribution in [0, 0.1) is 5.92 Å². The molecule has 5 nitrogen and oxygen atoms in total. The number of ether oxygens (including phenoxy) is 1. The maximum Gasteiger partial charge on any atom is 0.472 e. The minimum atomic E-state index is -4.51. The molecule has 1 aliphatic rings. The van der Waals surface area contributed by atoms with Crippen molar-refractivity contribution < 1.29 is 23.6 Å². The summed E-state index contributed by atoms with van der Waals surface area (Å²) in [6, 6.07) is 6.03. The van der Waals surface area contributed by atoms with E-state index in [0.717, 1.165) is 11.1 Å². The van der Waals surface area contributed by atoms with Gasteiger partial charge in [0.25, 0.3) is 0 Å². The van der Waals surface area contributed by atoms with Crippen LogP contribution in [0.2, 0.25) is 0 Å². The van der Waals surface area contributed by atoms with Crippen LogP contribution in [-0.4, -0.2) is 16.6 Å². The predicted octanol–water partition coefficient (Wildman–Crippen LogP) is 3.77. The Balaban J connectivity index is 2.23. The first kappa shape index (κ1) is 16.5. The number of para-hydroxylation sites is 1. The lowest BCUT2D eigenvalue weighted by molar-refractivity contribution is 0.0809. The van der Waals surface area contributed by atoms with Gasteiger partial charge in [0.05, 0.1) is 0 Å². The highest BCUT2D eigenvalue weighted by Gasteiger charge is 2.31. The highest BCUT2D eigenvalue weighted by molar-refractivity contribution is 7.46. The second-order valence-corrected chi connectivity index (χ2v) is 7.17. The molecule has 1 fully saturated rings. The van der Waals surface area contributed by atoms with Gasteiger partial charge in [-0.25, -0.2) is 9.09 Å². The Labute approximate surface area is 125 Å². The van der Waals surface area contributed by atoms with E-state index in [1.54, 1.807) is 0 Å². The van der Waals surface area contributed by atoms with E-state index in [0.29, 0.717) is 17.6 Å². The largest absolute Gasteiger partial charge is 0.472 e. The maximum absolute atomic E-state index is 10.8. The van der Waals surface area contributed by atoms with Crippen LogP contribution in [0.3, 0.4) is 0 Å². The Kier molecular flexibility index (Phi) is 5.10. The van der Waals surface area contributed by atoms with Crippen LogP contribution in [0.25, 0.3) is 0 Å². The molecule has 0 unspecified atom stereocenters. The summed E-state index contributed by atoms with van der Waals surface area (Å²) in [6.07, 6.45) is 2.46. The molecule has 0 saturated heterocycles. The van der Waals surface area contributed by atoms with Gasteiger partial charge in [0.2, 0.25) is 0 Å². The number of rotatable bonds is 7. The zero-order valence-electron chi connectivity index (χ0n) is 12.7. The third kappa shape index (κ3) is 4.55. The third-order valence-corrected chi connectivity index (χ3v) is 4.38. The van der Waals surface area contributed by atoms with E-state index >= 15 is 0 Å². The summed E-state index contributed by atoms with van der Waals surface area (Å²) in [5.41, 5.74) is 2.13. The fourth-order valence-electron chi connectivity index (χ4n) is 2.56. The summed E-state index contributed by atoms with van der Waals surface area (Å²) in [7, 11) is -4.51. The average molecular weight is 314 g/mol. The normalized spacial score (nSPS) is 17.0. The summed E-state index contributed by atoms with van der Waals surface area (Å²) in [6.45, 7) is 5.86. The molecule has 0 amide bonds. The first-order valence-electron chi connectivity index (χ1n) is 7.25. The van der Waals surface area contributed by atoms with Gasteiger partial charge in [0, 0.05) is 0 Å². The van der Waals surface area contributed by atoms with Crippen molar-refractivity contribution in [2.45, 2.75) is 45.4 Å². The van der Waals surface area contributed by atoms with Crippen molar-refractivity contribution in [3.05, 3.63) is 29.3 Å². The topological polar surface area (TPSA) is 76.0 Å². The Morgan fingerprint density at radius 3 is 2.38 bits per heavy atom. The Morgan fingerprint density at radius 1 is 1.24 bits per heavy atom. The first-order valence-corrected chi connectivity index (χ1v) is 8.78. The van der Waals surface area contributed by atoms with Gasteiger partial charge < -0.3 is 14.5 Å². The highest BCUT2D eigenvalue weighted by Crippen LogP contribution is 2.46. The molecule has 1 aromatic rings. The molecule has 21 heavy (non-hydrogen) atoms. The zero-order chi connectivity index (χ0) is 15.6. The van der Waals surface area contributed by atoms with Crippen molar-refractivity contribution in [2.75, 3.05) is 6.79 Å². The molecule has 1 aliphatic carbocycles. The van der Waals surface area contributed by atoms with E-state index in [9.17, 15) is 4.57 Å². The summed E-state index contributed by atoms with van der Waals surface area (Å²) in [5, 5.41) is 0. The number of phosphoric ester groups is 1. The zero-order valence-corrected chi connectivity index (χ0v) is 13.5. The highest BCUT2D eigenvalue weighted by atomic mass is 31.2. The Morgan fingerprint density at radius 2 is 1.86 bits per heavy atom. The van der Waals surface area contributed by atoms with E-state index in [-0.39, 0.29) is 5.92 Å². The summed E-state index contributed by atoms with van der Waals surface area (Å²) in [5.74, 6) is 2.04. The average Bonchev–Trinajstić information content (AvgIpc) is 3.20. The summed E-state index contributed by atoms with van der Waals surface area (Å²) < 4.78 is 20.8. The molecule has 2 rings (SSSR count). The molecule has 1 atom stereocenters. The smallest absolute Gasteiger partial charge is 0.466 e. The molecule has 2 N–H and O–H groups in total. The van der Waals surface area contributed by atoms with E-state index in [2.05, 4.69) is 25.3 Å². The fourth-order valence-corrected chi connectivity index (χ4v) is 2.75. The van der Waals surface area contributed by atoms with E-state index < -0.39 is 14.6 Å². The number of phosphoric acid groups is 1. The van der Waals surface area contributed by atoms with Gasteiger partial charge >= 0.3 is 7.82 Å². The van der Waals surface area contributed by atoms with Crippen LogP contribution < -0.4 is 4.74 Å². The molecule has 0 bridgehead atoms. The molecule has 1 saturated carbocycles. The van der Waals surface area contributed by atoms with Crippen molar-refractivity contribution in [2.24, 2.45) is 5.92 Å². The minimum absolute atomic E-state index is 0.265. The molecule has 118 valence electrons. The minimum Gasteiger partial charge on any atom is -0.466 e. The third-order valence-electron chi connectivity index (χ3n) is 3.94. The molecule has 0 radical (unpaired) electrons. The maximum atomic E-state index is 10.8. The lowest BCUT2D eigenvalue weighted by Crippen LogP contribution is -2.08. The number of hydrogen-bond donors (Lipinski definition) is 2. The lowest BCUT2D eigenvalue weighted by Gasteiger charge is -2.21. The second kappa shape index (κ2) is 6.49. The van der Waals surface area contributed by atoms with Crippen LogP contribution in [0.4, 0.5) is 0 Å². The lowest BCUT2D eigenvalue weighted by atomic mass is 9.90. The number of hydrogen-bond acceptors (Lipinski definition) is 3. The SMILES string of the molecule is CC(C)c1cccc([C@@H](C)C2CC2)c1OCOP(=O)(O)O. The van der Waals surface area contributed by atoms with Crippen molar-refractivity contribution in [3.63, 3.8) is 0 Å². The quantitative estimate of drug-likeness (QED) is 0.592. The Bertz CT molecular complexity index is 533. The number of benzene rings is 1. The van der Waals surface area contributed by atoms with Gasteiger partial charge in [-0.3, -0.25) is 0 Å². The van der Waals surface area contributed by atoms with Crippen molar-refractivity contribution in [1.29, 1.82) is 0 Å². The van der Waals surface area contributed by atoms with E-state index in [4.69, 9.17) is 14.5 Å². The summed E-state index contributed by atoms with van der Waals surface area (Å²) >= 11 is 0. The van der Waals surface area contributed by atoms with Gasteiger partial charge in [-0.15, -0.1) is 0 Å². The molecule has 0 aromatic heterocycles. The van der Waals surface area contributed by atoms with E-state index in [1.165, 1.54) is 12.8 Å². The van der Waals surface area contributed by atoms with Gasteiger partial charge in [-0.1, -0.05) is 39.0 Å². The molecular weight excluding hydrogens is 291 g/mol. The fraction of sp³-hybridized carbons (Fsp3) is 0.600. The van der Waals surface area contributed by atoms with E-state index in [1.807, 2.05) is 18.2 Å². The second-order valence-electron chi connectivity index (χ2n) is 5.93. The molecule has 0 heterocycles. The van der Waals surface area contributed by atoms with Gasteiger partial charge in [-0.2, -0.15) is 0 Å². The first-order chi connectivity index (χ1) is 9.79.